The zero-order valence-electron chi connectivity index (χ0n) is 18.5. The summed E-state index contributed by atoms with van der Waals surface area (Å²) in [6, 6.07) is 1.06. The maximum Gasteiger partial charge on any atom is 0.695 e. The second kappa shape index (κ2) is 12.9. The summed E-state index contributed by atoms with van der Waals surface area (Å²) in [5.41, 5.74) is -1.50. The van der Waals surface area contributed by atoms with Gasteiger partial charge in [-0.25, -0.2) is 9.59 Å². The third-order valence-electron chi connectivity index (χ3n) is 4.57. The second-order valence-electron chi connectivity index (χ2n) is 7.81. The molecule has 15 heteroatoms. The normalized spacial score (nSPS) is 23.4. The molecule has 0 aromatic carbocycles. The molecule has 1 fully saturated rings. The van der Waals surface area contributed by atoms with E-state index in [1.165, 1.54) is 0 Å². The number of nitrogens with zero attached hydrogens (tertiary/aromatic N) is 1. The molecule has 1 aromatic heterocycles. The largest absolute Gasteiger partial charge is 0.695 e. The number of H-pyrrole nitrogens is 1. The van der Waals surface area contributed by atoms with Crippen molar-refractivity contribution in [2.45, 2.75) is 62.9 Å². The number of carbonyl (C=O) groups is 1. The van der Waals surface area contributed by atoms with E-state index in [-0.39, 0.29) is 11.3 Å². The molecule has 0 spiro atoms. The van der Waals surface area contributed by atoms with E-state index in [4.69, 9.17) is 14.0 Å². The van der Waals surface area contributed by atoms with Crippen molar-refractivity contribution >= 4 is 35.9 Å². The van der Waals surface area contributed by atoms with Crippen molar-refractivity contribution in [1.82, 2.24) is 14.9 Å². The average Bonchev–Trinajstić information content (AvgIpc) is 3.06. The third kappa shape index (κ3) is 8.39. The van der Waals surface area contributed by atoms with Crippen LogP contribution in [0.5, 0.6) is 0 Å². The standard InChI is InChI=1S/C18H28N3O9PS2/c1-4-5-8-32-33-18(2,3)10-19-17(25)29-14-13(30-31(26)27)11(9-22)28-15(14)21-7-6-12(23)20-16(21)24/h6-7,11,13-15,22H,4-5,8-10H2,1-3H3,(H2-,19,20,23,24,25,26,27)/p+1. The molecule has 1 amide bonds. The molecule has 1 aliphatic heterocycles. The highest BCUT2D eigenvalue weighted by molar-refractivity contribution is 8.77. The van der Waals surface area contributed by atoms with Crippen LogP contribution in [0.3, 0.4) is 0 Å². The molecule has 4 N–H and O–H groups in total. The van der Waals surface area contributed by atoms with Gasteiger partial charge < -0.3 is 19.9 Å². The number of amides is 1. The molecular weight excluding hydrogens is 497 g/mol. The van der Waals surface area contributed by atoms with Crippen molar-refractivity contribution in [1.29, 1.82) is 0 Å². The Kier molecular flexibility index (Phi) is 10.9. The smallest absolute Gasteiger partial charge is 0.438 e. The molecule has 5 unspecified atom stereocenters. The molecule has 1 aromatic rings. The molecule has 33 heavy (non-hydrogen) atoms. The summed E-state index contributed by atoms with van der Waals surface area (Å²) >= 11 is 0. The summed E-state index contributed by atoms with van der Waals surface area (Å²) in [6.45, 7) is 5.66. The van der Waals surface area contributed by atoms with Gasteiger partial charge in [0.2, 0.25) is 0 Å². The summed E-state index contributed by atoms with van der Waals surface area (Å²) in [5.74, 6) is 0.991. The number of unbranched alkanes of at least 4 members (excludes halogenated alkanes) is 1. The van der Waals surface area contributed by atoms with Gasteiger partial charge >= 0.3 is 20.0 Å². The molecule has 0 aliphatic carbocycles. The Balaban J connectivity index is 2.15. The number of rotatable bonds is 12. The highest BCUT2D eigenvalue weighted by Crippen LogP contribution is 2.38. The van der Waals surface area contributed by atoms with Gasteiger partial charge in [-0.15, -0.1) is 9.42 Å². The van der Waals surface area contributed by atoms with E-state index < -0.39 is 56.7 Å². The summed E-state index contributed by atoms with van der Waals surface area (Å²) in [5, 5.41) is 12.3. The summed E-state index contributed by atoms with van der Waals surface area (Å²) < 4.78 is 27.9. The molecule has 0 saturated carbocycles. The van der Waals surface area contributed by atoms with E-state index >= 15 is 0 Å². The first-order chi connectivity index (χ1) is 15.6. The van der Waals surface area contributed by atoms with E-state index in [0.717, 1.165) is 35.4 Å². The maximum absolute atomic E-state index is 12.6. The van der Waals surface area contributed by atoms with Crippen LogP contribution >= 0.6 is 29.8 Å². The van der Waals surface area contributed by atoms with Crippen LogP contribution in [0.1, 0.15) is 39.8 Å². The topological polar surface area (TPSA) is 169 Å². The minimum atomic E-state index is -3.14. The zero-order valence-corrected chi connectivity index (χ0v) is 21.0. The van der Waals surface area contributed by atoms with Crippen molar-refractivity contribution in [2.24, 2.45) is 0 Å². The van der Waals surface area contributed by atoms with Gasteiger partial charge in [0, 0.05) is 33.9 Å². The zero-order chi connectivity index (χ0) is 24.6. The molecule has 186 valence electrons. The molecule has 2 heterocycles. The fraction of sp³-hybridized carbons (Fsp3) is 0.722. The predicted molar refractivity (Wildman–Crippen MR) is 124 cm³/mol. The van der Waals surface area contributed by atoms with Gasteiger partial charge in [0.15, 0.2) is 18.4 Å². The quantitative estimate of drug-likeness (QED) is 0.177. The van der Waals surface area contributed by atoms with Gasteiger partial charge in [-0.1, -0.05) is 34.9 Å². The Bertz CT molecular complexity index is 926. The van der Waals surface area contributed by atoms with Crippen LogP contribution in [0.15, 0.2) is 21.9 Å². The number of aliphatic hydroxyl groups is 1. The first-order valence-electron chi connectivity index (χ1n) is 10.2. The van der Waals surface area contributed by atoms with E-state index in [1.807, 2.05) is 13.8 Å². The Morgan fingerprint density at radius 1 is 1.39 bits per heavy atom. The van der Waals surface area contributed by atoms with E-state index in [2.05, 4.69) is 17.2 Å². The van der Waals surface area contributed by atoms with Crippen LogP contribution in [0.2, 0.25) is 0 Å². The van der Waals surface area contributed by atoms with Crippen molar-refractivity contribution in [3.8, 4) is 0 Å². The lowest BCUT2D eigenvalue weighted by atomic mass is 10.1. The molecular formula is C18H29N3O9PS2+. The number of nitrogens with one attached hydrogen (secondary N) is 2. The molecule has 2 rings (SSSR count). The van der Waals surface area contributed by atoms with Crippen LogP contribution in [0.4, 0.5) is 4.79 Å². The Morgan fingerprint density at radius 3 is 2.73 bits per heavy atom. The first-order valence-corrected chi connectivity index (χ1v) is 13.7. The lowest BCUT2D eigenvalue weighted by Gasteiger charge is -2.25. The second-order valence-corrected chi connectivity index (χ2v) is 11.6. The molecule has 0 radical (unpaired) electrons. The van der Waals surface area contributed by atoms with Gasteiger partial charge in [-0.3, -0.25) is 14.3 Å². The van der Waals surface area contributed by atoms with Crippen molar-refractivity contribution < 1.29 is 33.4 Å². The minimum absolute atomic E-state index is 0.260. The number of hydrogen-bond acceptors (Lipinski definition) is 10. The lowest BCUT2D eigenvalue weighted by Crippen LogP contribution is -2.44. The third-order valence-corrected chi connectivity index (χ3v) is 8.37. The number of aromatic amines is 1. The lowest BCUT2D eigenvalue weighted by molar-refractivity contribution is -0.0567. The molecule has 12 nitrogen and oxygen atoms in total. The fourth-order valence-corrected chi connectivity index (χ4v) is 6.09. The highest BCUT2D eigenvalue weighted by atomic mass is 33.1. The molecule has 1 saturated heterocycles. The summed E-state index contributed by atoms with van der Waals surface area (Å²) in [6.07, 6.45) is -2.74. The monoisotopic (exact) mass is 526 g/mol. The van der Waals surface area contributed by atoms with Crippen LogP contribution in [0, 0.1) is 0 Å². The van der Waals surface area contributed by atoms with Crippen molar-refractivity contribution in [3.05, 3.63) is 33.1 Å². The molecule has 5 atom stereocenters. The Labute approximate surface area is 199 Å². The number of ether oxygens (including phenoxy) is 2. The Hall–Kier alpha value is -1.41. The SMILES string of the molecule is CCCCSSC(C)(C)CNC(=O)OC1C(O[P+](=O)O)C(CO)OC1n1ccc(=O)[nH]c1=O. The Morgan fingerprint density at radius 2 is 2.12 bits per heavy atom. The van der Waals surface area contributed by atoms with Crippen LogP contribution in [-0.4, -0.2) is 67.6 Å². The number of carbonyl (C=O) groups excluding carboxylic acids is 1. The van der Waals surface area contributed by atoms with Gasteiger partial charge in [-0.05, 0) is 20.3 Å². The van der Waals surface area contributed by atoms with Crippen molar-refractivity contribution in [3.63, 3.8) is 0 Å². The van der Waals surface area contributed by atoms with E-state index in [0.29, 0.717) is 0 Å². The van der Waals surface area contributed by atoms with Crippen molar-refractivity contribution in [2.75, 3.05) is 18.9 Å². The van der Waals surface area contributed by atoms with Gasteiger partial charge in [0.25, 0.3) is 5.56 Å². The fourth-order valence-electron chi connectivity index (χ4n) is 2.95. The highest BCUT2D eigenvalue weighted by Gasteiger charge is 2.53. The molecule has 0 bridgehead atoms. The van der Waals surface area contributed by atoms with Crippen LogP contribution < -0.4 is 16.6 Å². The maximum atomic E-state index is 12.6. The van der Waals surface area contributed by atoms with Crippen LogP contribution in [-0.2, 0) is 18.6 Å². The minimum Gasteiger partial charge on any atom is -0.438 e. The predicted octanol–water partition coefficient (Wildman–Crippen LogP) is 1.52. The number of alkyl carbamates (subject to hydrolysis) is 1. The first kappa shape index (κ1) is 27.8. The summed E-state index contributed by atoms with van der Waals surface area (Å²) in [7, 11) is 0.203. The summed E-state index contributed by atoms with van der Waals surface area (Å²) in [4.78, 5) is 47.5. The molecule has 1 aliphatic rings. The van der Waals surface area contributed by atoms with Gasteiger partial charge in [0.1, 0.15) is 6.10 Å². The van der Waals surface area contributed by atoms with Crippen LogP contribution in [0.25, 0.3) is 0 Å². The van der Waals surface area contributed by atoms with E-state index in [1.54, 1.807) is 21.6 Å². The number of hydrogen-bond donors (Lipinski definition) is 4. The van der Waals surface area contributed by atoms with E-state index in [9.17, 15) is 28.9 Å². The number of aliphatic hydroxyl groups excluding tert-OH is 1. The number of aromatic nitrogens is 2. The van der Waals surface area contributed by atoms with Gasteiger partial charge in [0.05, 0.1) is 6.61 Å². The average molecular weight is 527 g/mol. The van der Waals surface area contributed by atoms with Gasteiger partial charge in [-0.2, -0.15) is 0 Å².